The Labute approximate surface area is 94.6 Å². The summed E-state index contributed by atoms with van der Waals surface area (Å²) in [7, 11) is 1.63. The SMILES string of the molecule is COc1c(C)cc(Cl)cc1CNCC#N. The maximum Gasteiger partial charge on any atom is 0.126 e. The fourth-order valence-electron chi connectivity index (χ4n) is 1.48. The molecule has 0 radical (unpaired) electrons. The van der Waals surface area contributed by atoms with Gasteiger partial charge in [0.05, 0.1) is 19.7 Å². The molecule has 15 heavy (non-hydrogen) atoms. The third-order valence-corrected chi connectivity index (χ3v) is 2.26. The van der Waals surface area contributed by atoms with Gasteiger partial charge in [0.25, 0.3) is 0 Å². The Hall–Kier alpha value is -1.24. The minimum absolute atomic E-state index is 0.314. The van der Waals surface area contributed by atoms with Crippen molar-refractivity contribution < 1.29 is 4.74 Å². The molecule has 1 aromatic carbocycles. The predicted molar refractivity (Wildman–Crippen MR) is 60.1 cm³/mol. The highest BCUT2D eigenvalue weighted by Crippen LogP contribution is 2.27. The Morgan fingerprint density at radius 3 is 2.87 bits per heavy atom. The van der Waals surface area contributed by atoms with Crippen LogP contribution in [0.3, 0.4) is 0 Å². The number of ether oxygens (including phenoxy) is 1. The molecular formula is C11H13ClN2O. The zero-order valence-corrected chi connectivity index (χ0v) is 9.56. The summed E-state index contributed by atoms with van der Waals surface area (Å²) in [5, 5.41) is 12.1. The Bertz CT molecular complexity index is 385. The highest BCUT2D eigenvalue weighted by molar-refractivity contribution is 6.30. The molecule has 1 aromatic rings. The van der Waals surface area contributed by atoms with E-state index in [9.17, 15) is 0 Å². The number of aryl methyl sites for hydroxylation is 1. The molecule has 0 aromatic heterocycles. The lowest BCUT2D eigenvalue weighted by Gasteiger charge is -2.11. The van der Waals surface area contributed by atoms with Crippen LogP contribution in [0.5, 0.6) is 5.75 Å². The van der Waals surface area contributed by atoms with Crippen LogP contribution < -0.4 is 10.1 Å². The number of hydrogen-bond donors (Lipinski definition) is 1. The summed E-state index contributed by atoms with van der Waals surface area (Å²) in [5.41, 5.74) is 1.97. The van der Waals surface area contributed by atoms with Crippen molar-refractivity contribution in [1.82, 2.24) is 5.32 Å². The lowest BCUT2D eigenvalue weighted by molar-refractivity contribution is 0.405. The molecule has 3 nitrogen and oxygen atoms in total. The molecule has 0 unspecified atom stereocenters. The van der Waals surface area contributed by atoms with Gasteiger partial charge in [-0.3, -0.25) is 0 Å². The highest BCUT2D eigenvalue weighted by Gasteiger charge is 2.07. The molecule has 0 aliphatic rings. The molecule has 1 N–H and O–H groups in total. The van der Waals surface area contributed by atoms with Crippen LogP contribution in [-0.2, 0) is 6.54 Å². The lowest BCUT2D eigenvalue weighted by Crippen LogP contribution is -2.14. The summed E-state index contributed by atoms with van der Waals surface area (Å²) in [4.78, 5) is 0. The molecule has 4 heteroatoms. The fraction of sp³-hybridized carbons (Fsp3) is 0.364. The first kappa shape index (κ1) is 11.8. The highest BCUT2D eigenvalue weighted by atomic mass is 35.5. The number of benzene rings is 1. The summed E-state index contributed by atoms with van der Waals surface area (Å²) in [6.45, 7) is 2.84. The average Bonchev–Trinajstić information content (AvgIpc) is 2.17. The van der Waals surface area contributed by atoms with E-state index in [4.69, 9.17) is 21.6 Å². The van der Waals surface area contributed by atoms with E-state index < -0.39 is 0 Å². The predicted octanol–water partition coefficient (Wildman–Crippen LogP) is 2.27. The average molecular weight is 225 g/mol. The summed E-state index contributed by atoms with van der Waals surface area (Å²) in [5.74, 6) is 0.824. The van der Waals surface area contributed by atoms with Crippen molar-refractivity contribution >= 4 is 11.6 Å². The van der Waals surface area contributed by atoms with E-state index in [0.717, 1.165) is 16.9 Å². The molecule has 0 bridgehead atoms. The van der Waals surface area contributed by atoms with Gasteiger partial charge in [-0.1, -0.05) is 11.6 Å². The second-order valence-corrected chi connectivity index (χ2v) is 3.61. The van der Waals surface area contributed by atoms with Crippen molar-refractivity contribution in [2.45, 2.75) is 13.5 Å². The van der Waals surface area contributed by atoms with Crippen LogP contribution in [0.1, 0.15) is 11.1 Å². The maximum absolute atomic E-state index is 8.41. The third-order valence-electron chi connectivity index (χ3n) is 2.04. The number of nitrogens with one attached hydrogen (secondary N) is 1. The van der Waals surface area contributed by atoms with Gasteiger partial charge in [0.2, 0.25) is 0 Å². The van der Waals surface area contributed by atoms with Gasteiger partial charge in [-0.05, 0) is 24.6 Å². The van der Waals surface area contributed by atoms with Gasteiger partial charge in [0.15, 0.2) is 0 Å². The number of hydrogen-bond acceptors (Lipinski definition) is 3. The first-order chi connectivity index (χ1) is 7.19. The number of nitrogens with zero attached hydrogens (tertiary/aromatic N) is 1. The number of methoxy groups -OCH3 is 1. The number of rotatable bonds is 4. The zero-order valence-electron chi connectivity index (χ0n) is 8.80. The van der Waals surface area contributed by atoms with Crippen LogP contribution in [0.25, 0.3) is 0 Å². The molecule has 0 fully saturated rings. The van der Waals surface area contributed by atoms with E-state index in [-0.39, 0.29) is 0 Å². The van der Waals surface area contributed by atoms with E-state index in [0.29, 0.717) is 18.1 Å². The van der Waals surface area contributed by atoms with Crippen LogP contribution >= 0.6 is 11.6 Å². The van der Waals surface area contributed by atoms with Gasteiger partial charge in [-0.25, -0.2) is 0 Å². The largest absolute Gasteiger partial charge is 0.496 e. The standard InChI is InChI=1S/C11H13ClN2O/c1-8-5-10(12)6-9(11(8)15-2)7-14-4-3-13/h5-6,14H,4,7H2,1-2H3. The monoisotopic (exact) mass is 224 g/mol. The second-order valence-electron chi connectivity index (χ2n) is 3.18. The maximum atomic E-state index is 8.41. The molecule has 0 saturated carbocycles. The van der Waals surface area contributed by atoms with Crippen molar-refractivity contribution in [3.05, 3.63) is 28.3 Å². The first-order valence-corrected chi connectivity index (χ1v) is 4.97. The summed E-state index contributed by atoms with van der Waals surface area (Å²) in [6.07, 6.45) is 0. The topological polar surface area (TPSA) is 45.0 Å². The molecular weight excluding hydrogens is 212 g/mol. The Kier molecular flexibility index (Phi) is 4.41. The summed E-state index contributed by atoms with van der Waals surface area (Å²) >= 11 is 5.94. The molecule has 0 aliphatic carbocycles. The first-order valence-electron chi connectivity index (χ1n) is 4.59. The molecule has 0 spiro atoms. The third kappa shape index (κ3) is 3.12. The van der Waals surface area contributed by atoms with Crippen LogP contribution in [-0.4, -0.2) is 13.7 Å². The molecule has 0 amide bonds. The van der Waals surface area contributed by atoms with Crippen LogP contribution in [0.15, 0.2) is 12.1 Å². The van der Waals surface area contributed by atoms with Crippen molar-refractivity contribution in [3.8, 4) is 11.8 Å². The smallest absolute Gasteiger partial charge is 0.126 e. The van der Waals surface area contributed by atoms with E-state index in [1.165, 1.54) is 0 Å². The minimum atomic E-state index is 0.314. The molecule has 0 saturated heterocycles. The molecule has 0 heterocycles. The van der Waals surface area contributed by atoms with E-state index in [1.807, 2.05) is 25.1 Å². The van der Waals surface area contributed by atoms with Crippen molar-refractivity contribution in [3.63, 3.8) is 0 Å². The van der Waals surface area contributed by atoms with Gasteiger partial charge < -0.3 is 10.1 Å². The second kappa shape index (κ2) is 5.59. The molecule has 0 aliphatic heterocycles. The number of halogens is 1. The van der Waals surface area contributed by atoms with Crippen molar-refractivity contribution in [2.24, 2.45) is 0 Å². The Balaban J connectivity index is 2.89. The normalized spacial score (nSPS) is 9.73. The minimum Gasteiger partial charge on any atom is -0.496 e. The van der Waals surface area contributed by atoms with Gasteiger partial charge in [-0.15, -0.1) is 0 Å². The fourth-order valence-corrected chi connectivity index (χ4v) is 1.77. The van der Waals surface area contributed by atoms with E-state index in [1.54, 1.807) is 7.11 Å². The van der Waals surface area contributed by atoms with Crippen LogP contribution in [0, 0.1) is 18.3 Å². The van der Waals surface area contributed by atoms with Crippen LogP contribution in [0.2, 0.25) is 5.02 Å². The Morgan fingerprint density at radius 1 is 1.53 bits per heavy atom. The van der Waals surface area contributed by atoms with Gasteiger partial charge in [0.1, 0.15) is 5.75 Å². The van der Waals surface area contributed by atoms with Crippen LogP contribution in [0.4, 0.5) is 0 Å². The van der Waals surface area contributed by atoms with Crippen molar-refractivity contribution in [2.75, 3.05) is 13.7 Å². The lowest BCUT2D eigenvalue weighted by atomic mass is 10.1. The van der Waals surface area contributed by atoms with Gasteiger partial charge >= 0.3 is 0 Å². The van der Waals surface area contributed by atoms with Gasteiger partial charge in [0, 0.05) is 17.1 Å². The Morgan fingerprint density at radius 2 is 2.27 bits per heavy atom. The quantitative estimate of drug-likeness (QED) is 0.631. The zero-order chi connectivity index (χ0) is 11.3. The summed E-state index contributed by atoms with van der Waals surface area (Å²) in [6, 6.07) is 5.72. The van der Waals surface area contributed by atoms with E-state index in [2.05, 4.69) is 5.32 Å². The summed E-state index contributed by atoms with van der Waals surface area (Å²) < 4.78 is 5.28. The number of nitriles is 1. The molecule has 0 atom stereocenters. The van der Waals surface area contributed by atoms with Gasteiger partial charge in [-0.2, -0.15) is 5.26 Å². The van der Waals surface area contributed by atoms with Crippen molar-refractivity contribution in [1.29, 1.82) is 5.26 Å². The van der Waals surface area contributed by atoms with E-state index >= 15 is 0 Å². The molecule has 80 valence electrons. The molecule has 1 rings (SSSR count).